The number of non-ortho nitro benzene ring substituents is 1. The zero-order valence-electron chi connectivity index (χ0n) is 11.9. The third-order valence-corrected chi connectivity index (χ3v) is 3.53. The Morgan fingerprint density at radius 3 is 2.64 bits per heavy atom. The van der Waals surface area contributed by atoms with E-state index in [1.54, 1.807) is 0 Å². The average molecular weight is 309 g/mol. The van der Waals surface area contributed by atoms with Gasteiger partial charge in [-0.25, -0.2) is 0 Å². The van der Waals surface area contributed by atoms with E-state index in [1.807, 2.05) is 0 Å². The number of rotatable bonds is 5. The normalized spacial score (nSPS) is 17.2. The number of nitro benzene ring substituents is 2. The molecule has 0 radical (unpaired) electrons. The lowest BCUT2D eigenvalue weighted by Gasteiger charge is -2.12. The number of hydrogen-bond acceptors (Lipinski definition) is 6. The Labute approximate surface area is 125 Å². The molecule has 2 rings (SSSR count). The van der Waals surface area contributed by atoms with E-state index in [2.05, 4.69) is 5.32 Å². The Kier molecular flexibility index (Phi) is 4.66. The van der Waals surface area contributed by atoms with E-state index < -0.39 is 27.1 Å². The van der Waals surface area contributed by atoms with Crippen LogP contribution in [0.3, 0.4) is 0 Å². The van der Waals surface area contributed by atoms with E-state index in [-0.39, 0.29) is 23.8 Å². The SMILES string of the molecule is Cc1c(C(=O)NC[C@@H]2CCCO2)cc([N+](=O)[O-])cc1[N+](=O)[O-]. The lowest BCUT2D eigenvalue weighted by atomic mass is 10.0. The van der Waals surface area contributed by atoms with Crippen molar-refractivity contribution in [1.82, 2.24) is 5.32 Å². The standard InChI is InChI=1S/C13H15N3O6/c1-8-11(13(17)14-7-10-3-2-4-22-10)5-9(15(18)19)6-12(8)16(20)21/h5-6,10H,2-4,7H2,1H3,(H,14,17)/t10-/m0/s1. The summed E-state index contributed by atoms with van der Waals surface area (Å²) in [4.78, 5) is 32.5. The number of hydrogen-bond donors (Lipinski definition) is 1. The topological polar surface area (TPSA) is 125 Å². The highest BCUT2D eigenvalue weighted by atomic mass is 16.6. The molecule has 0 aliphatic carbocycles. The van der Waals surface area contributed by atoms with Gasteiger partial charge in [-0.05, 0) is 19.8 Å². The molecule has 1 aliphatic rings. The molecular weight excluding hydrogens is 294 g/mol. The summed E-state index contributed by atoms with van der Waals surface area (Å²) in [5, 5.41) is 24.4. The molecule has 1 amide bonds. The number of nitrogens with zero attached hydrogens (tertiary/aromatic N) is 2. The molecule has 1 fully saturated rings. The van der Waals surface area contributed by atoms with Crippen LogP contribution in [0.5, 0.6) is 0 Å². The van der Waals surface area contributed by atoms with E-state index >= 15 is 0 Å². The molecule has 1 aromatic rings. The van der Waals surface area contributed by atoms with Gasteiger partial charge >= 0.3 is 0 Å². The lowest BCUT2D eigenvalue weighted by Crippen LogP contribution is -2.32. The van der Waals surface area contributed by atoms with E-state index in [0.717, 1.165) is 25.0 Å². The van der Waals surface area contributed by atoms with Crippen LogP contribution in [-0.4, -0.2) is 35.0 Å². The third kappa shape index (κ3) is 3.37. The van der Waals surface area contributed by atoms with E-state index in [4.69, 9.17) is 4.74 Å². The van der Waals surface area contributed by atoms with Crippen LogP contribution in [-0.2, 0) is 4.74 Å². The van der Waals surface area contributed by atoms with Gasteiger partial charge in [-0.2, -0.15) is 0 Å². The van der Waals surface area contributed by atoms with Crippen molar-refractivity contribution in [1.29, 1.82) is 0 Å². The number of carbonyl (C=O) groups excluding carboxylic acids is 1. The van der Waals surface area contributed by atoms with Crippen molar-refractivity contribution in [2.45, 2.75) is 25.9 Å². The summed E-state index contributed by atoms with van der Waals surface area (Å²) < 4.78 is 5.36. The molecule has 9 heteroatoms. The Morgan fingerprint density at radius 2 is 2.09 bits per heavy atom. The van der Waals surface area contributed by atoms with Crippen molar-refractivity contribution in [2.75, 3.05) is 13.2 Å². The van der Waals surface area contributed by atoms with Crippen LogP contribution in [0.1, 0.15) is 28.8 Å². The molecule has 0 saturated carbocycles. The first-order valence-electron chi connectivity index (χ1n) is 6.73. The maximum atomic E-state index is 12.2. The van der Waals surface area contributed by atoms with Gasteiger partial charge in [-0.1, -0.05) is 0 Å². The summed E-state index contributed by atoms with van der Waals surface area (Å²) >= 11 is 0. The molecule has 0 aromatic heterocycles. The number of amides is 1. The highest BCUT2D eigenvalue weighted by Gasteiger charge is 2.25. The zero-order valence-corrected chi connectivity index (χ0v) is 11.9. The van der Waals surface area contributed by atoms with Crippen molar-refractivity contribution >= 4 is 17.3 Å². The molecule has 9 nitrogen and oxygen atoms in total. The highest BCUT2D eigenvalue weighted by Crippen LogP contribution is 2.28. The van der Waals surface area contributed by atoms with Crippen molar-refractivity contribution < 1.29 is 19.4 Å². The Bertz CT molecular complexity index is 624. The predicted octanol–water partition coefficient (Wildman–Crippen LogP) is 1.72. The van der Waals surface area contributed by atoms with Gasteiger partial charge in [0, 0.05) is 24.8 Å². The van der Waals surface area contributed by atoms with E-state index in [9.17, 15) is 25.0 Å². The van der Waals surface area contributed by atoms with Crippen molar-refractivity contribution in [3.8, 4) is 0 Å². The summed E-state index contributed by atoms with van der Waals surface area (Å²) in [6.07, 6.45) is 1.66. The summed E-state index contributed by atoms with van der Waals surface area (Å²) in [5.74, 6) is -0.584. The second kappa shape index (κ2) is 6.48. The minimum Gasteiger partial charge on any atom is -0.376 e. The third-order valence-electron chi connectivity index (χ3n) is 3.53. The molecule has 1 N–H and O–H groups in total. The van der Waals surface area contributed by atoms with Crippen LogP contribution in [0.2, 0.25) is 0 Å². The fourth-order valence-corrected chi connectivity index (χ4v) is 2.32. The molecule has 1 aromatic carbocycles. The molecule has 1 atom stereocenters. The van der Waals surface area contributed by atoms with Crippen LogP contribution in [0.15, 0.2) is 12.1 Å². The molecule has 0 bridgehead atoms. The molecular formula is C13H15N3O6. The first-order chi connectivity index (χ1) is 10.4. The van der Waals surface area contributed by atoms with Gasteiger partial charge in [0.15, 0.2) is 0 Å². The van der Waals surface area contributed by atoms with Crippen LogP contribution < -0.4 is 5.32 Å². The number of benzene rings is 1. The van der Waals surface area contributed by atoms with E-state index in [0.29, 0.717) is 6.61 Å². The minimum atomic E-state index is -0.761. The number of ether oxygens (including phenoxy) is 1. The van der Waals surface area contributed by atoms with Crippen LogP contribution in [0, 0.1) is 27.2 Å². The van der Waals surface area contributed by atoms with Gasteiger partial charge < -0.3 is 10.1 Å². The lowest BCUT2D eigenvalue weighted by molar-refractivity contribution is -0.394. The van der Waals surface area contributed by atoms with Crippen LogP contribution in [0.25, 0.3) is 0 Å². The summed E-state index contributed by atoms with van der Waals surface area (Å²) in [7, 11) is 0. The summed E-state index contributed by atoms with van der Waals surface area (Å²) in [5.41, 5.74) is -0.907. The smallest absolute Gasteiger partial charge is 0.279 e. The first kappa shape index (κ1) is 15.8. The van der Waals surface area contributed by atoms with Crippen molar-refractivity contribution in [3.63, 3.8) is 0 Å². The summed E-state index contributed by atoms with van der Waals surface area (Å²) in [6.45, 7) is 2.31. The van der Waals surface area contributed by atoms with Crippen molar-refractivity contribution in [3.05, 3.63) is 43.5 Å². The van der Waals surface area contributed by atoms with Gasteiger partial charge in [0.25, 0.3) is 17.3 Å². The van der Waals surface area contributed by atoms with Gasteiger partial charge in [-0.15, -0.1) is 0 Å². The number of carbonyl (C=O) groups is 1. The second-order valence-corrected chi connectivity index (χ2v) is 5.00. The second-order valence-electron chi connectivity index (χ2n) is 5.00. The quantitative estimate of drug-likeness (QED) is 0.652. The molecule has 22 heavy (non-hydrogen) atoms. The van der Waals surface area contributed by atoms with Crippen LogP contribution >= 0.6 is 0 Å². The van der Waals surface area contributed by atoms with E-state index in [1.165, 1.54) is 6.92 Å². The monoisotopic (exact) mass is 309 g/mol. The molecule has 0 unspecified atom stereocenters. The Balaban J connectivity index is 2.25. The van der Waals surface area contributed by atoms with Gasteiger partial charge in [-0.3, -0.25) is 25.0 Å². The number of nitro groups is 2. The van der Waals surface area contributed by atoms with Crippen LogP contribution in [0.4, 0.5) is 11.4 Å². The fraction of sp³-hybridized carbons (Fsp3) is 0.462. The van der Waals surface area contributed by atoms with Gasteiger partial charge in [0.1, 0.15) is 0 Å². The number of nitrogens with one attached hydrogen (secondary N) is 1. The molecule has 1 aliphatic heterocycles. The highest BCUT2D eigenvalue weighted by molar-refractivity contribution is 5.97. The molecule has 1 heterocycles. The maximum Gasteiger partial charge on any atom is 0.279 e. The fourth-order valence-electron chi connectivity index (χ4n) is 2.32. The molecule has 1 saturated heterocycles. The largest absolute Gasteiger partial charge is 0.376 e. The minimum absolute atomic E-state index is 0.0705. The maximum absolute atomic E-state index is 12.2. The van der Waals surface area contributed by atoms with Gasteiger partial charge in [0.2, 0.25) is 0 Å². The van der Waals surface area contributed by atoms with Gasteiger partial charge in [0.05, 0.1) is 27.6 Å². The Morgan fingerprint density at radius 1 is 1.36 bits per heavy atom. The van der Waals surface area contributed by atoms with Crippen molar-refractivity contribution in [2.24, 2.45) is 0 Å². The average Bonchev–Trinajstić information content (AvgIpc) is 2.97. The molecule has 0 spiro atoms. The first-order valence-corrected chi connectivity index (χ1v) is 6.73. The predicted molar refractivity (Wildman–Crippen MR) is 75.8 cm³/mol. The Hall–Kier alpha value is -2.55. The zero-order chi connectivity index (χ0) is 16.3. The molecule has 118 valence electrons. The summed E-state index contributed by atoms with van der Waals surface area (Å²) in [6, 6.07) is 1.90.